The Bertz CT molecular complexity index is 744. The highest BCUT2D eigenvalue weighted by Crippen LogP contribution is 2.18. The Hall–Kier alpha value is -2.80. The fourth-order valence-electron chi connectivity index (χ4n) is 3.00. The lowest BCUT2D eigenvalue weighted by Crippen LogP contribution is -2.54. The highest BCUT2D eigenvalue weighted by atomic mass is 16.5. The number of ether oxygens (including phenoxy) is 2. The molecule has 2 heterocycles. The van der Waals surface area contributed by atoms with Crippen LogP contribution in [0.3, 0.4) is 0 Å². The van der Waals surface area contributed by atoms with Crippen molar-refractivity contribution in [2.75, 3.05) is 33.4 Å². The van der Waals surface area contributed by atoms with Crippen LogP contribution in [0.1, 0.15) is 10.5 Å². The number of fused-ring (bicyclic) bond motifs is 1. The third-order valence-corrected chi connectivity index (χ3v) is 4.34. The Morgan fingerprint density at radius 2 is 2.04 bits per heavy atom. The largest absolute Gasteiger partial charge is 0.484 e. The maximum atomic E-state index is 12.7. The minimum atomic E-state index is -0.216. The number of hydrogen-bond acceptors (Lipinski definition) is 4. The van der Waals surface area contributed by atoms with Crippen molar-refractivity contribution < 1.29 is 19.1 Å². The summed E-state index contributed by atoms with van der Waals surface area (Å²) in [5.41, 5.74) is 0.663. The lowest BCUT2D eigenvalue weighted by Gasteiger charge is -2.36. The van der Waals surface area contributed by atoms with Crippen LogP contribution in [-0.4, -0.2) is 60.7 Å². The molecule has 2 aromatic rings. The van der Waals surface area contributed by atoms with E-state index in [0.29, 0.717) is 37.7 Å². The van der Waals surface area contributed by atoms with E-state index >= 15 is 0 Å². The Kier molecular flexibility index (Phi) is 5.91. The van der Waals surface area contributed by atoms with Crippen molar-refractivity contribution in [1.82, 2.24) is 14.8 Å². The maximum absolute atomic E-state index is 12.7. The Morgan fingerprint density at radius 1 is 1.23 bits per heavy atom. The molecule has 0 aliphatic carbocycles. The molecule has 7 heteroatoms. The molecule has 1 aliphatic heterocycles. The molecule has 0 spiro atoms. The van der Waals surface area contributed by atoms with E-state index in [2.05, 4.69) is 5.32 Å². The van der Waals surface area contributed by atoms with Crippen LogP contribution in [0.2, 0.25) is 0 Å². The van der Waals surface area contributed by atoms with Gasteiger partial charge in [-0.2, -0.15) is 0 Å². The highest BCUT2D eigenvalue weighted by molar-refractivity contribution is 5.93. The number of amides is 2. The number of rotatable bonds is 8. The van der Waals surface area contributed by atoms with E-state index in [-0.39, 0.29) is 24.5 Å². The summed E-state index contributed by atoms with van der Waals surface area (Å²) in [4.78, 5) is 26.5. The van der Waals surface area contributed by atoms with Gasteiger partial charge in [0.2, 0.25) is 0 Å². The number of benzene rings is 1. The zero-order chi connectivity index (χ0) is 18.4. The quantitative estimate of drug-likeness (QED) is 0.769. The first kappa shape index (κ1) is 18.0. The smallest absolute Gasteiger partial charge is 0.270 e. The number of aromatic nitrogens is 1. The molecule has 0 saturated carbocycles. The normalized spacial score (nSPS) is 16.3. The van der Waals surface area contributed by atoms with Gasteiger partial charge in [-0.25, -0.2) is 0 Å². The van der Waals surface area contributed by atoms with Gasteiger partial charge in [0.25, 0.3) is 11.8 Å². The van der Waals surface area contributed by atoms with Crippen molar-refractivity contribution >= 4 is 11.8 Å². The van der Waals surface area contributed by atoms with Crippen molar-refractivity contribution in [2.24, 2.45) is 0 Å². The van der Waals surface area contributed by atoms with Gasteiger partial charge in [0, 0.05) is 32.9 Å². The summed E-state index contributed by atoms with van der Waals surface area (Å²) < 4.78 is 12.5. The van der Waals surface area contributed by atoms with Gasteiger partial charge < -0.3 is 24.3 Å². The van der Waals surface area contributed by atoms with Crippen LogP contribution < -0.4 is 10.1 Å². The fourth-order valence-corrected chi connectivity index (χ4v) is 3.00. The molecule has 26 heavy (non-hydrogen) atoms. The van der Waals surface area contributed by atoms with Crippen molar-refractivity contribution in [1.29, 1.82) is 0 Å². The molecule has 0 radical (unpaired) electrons. The van der Waals surface area contributed by atoms with Crippen LogP contribution >= 0.6 is 0 Å². The lowest BCUT2D eigenvalue weighted by molar-refractivity contribution is -0.123. The second-order valence-corrected chi connectivity index (χ2v) is 6.10. The molecule has 0 bridgehead atoms. The van der Waals surface area contributed by atoms with Crippen LogP contribution in [0.5, 0.6) is 5.75 Å². The minimum Gasteiger partial charge on any atom is -0.484 e. The maximum Gasteiger partial charge on any atom is 0.270 e. The molecule has 1 aromatic carbocycles. The van der Waals surface area contributed by atoms with E-state index in [1.54, 1.807) is 24.1 Å². The van der Waals surface area contributed by atoms with Gasteiger partial charge in [-0.05, 0) is 24.3 Å². The van der Waals surface area contributed by atoms with Crippen molar-refractivity contribution in [3.8, 4) is 5.75 Å². The number of methoxy groups -OCH3 is 1. The number of nitrogens with zero attached hydrogens (tertiary/aromatic N) is 2. The predicted octanol–water partition coefficient (Wildman–Crippen LogP) is 1.15. The first-order valence-corrected chi connectivity index (χ1v) is 8.58. The topological polar surface area (TPSA) is 72.8 Å². The molecule has 0 fully saturated rings. The van der Waals surface area contributed by atoms with Crippen LogP contribution in [-0.2, 0) is 16.1 Å². The van der Waals surface area contributed by atoms with Crippen LogP contribution in [0, 0.1) is 0 Å². The molecule has 2 amide bonds. The SMILES string of the molecule is COCCN1C(=O)c2cccn2CC1CNC(=O)COc1ccccc1. The van der Waals surface area contributed by atoms with E-state index in [9.17, 15) is 9.59 Å². The second-order valence-electron chi connectivity index (χ2n) is 6.10. The molecular weight excluding hydrogens is 334 g/mol. The van der Waals surface area contributed by atoms with E-state index in [4.69, 9.17) is 9.47 Å². The number of para-hydroxylation sites is 1. The van der Waals surface area contributed by atoms with Gasteiger partial charge in [0.1, 0.15) is 11.4 Å². The summed E-state index contributed by atoms with van der Waals surface area (Å²) in [6.45, 7) is 1.88. The molecule has 0 saturated heterocycles. The summed E-state index contributed by atoms with van der Waals surface area (Å²) >= 11 is 0. The second kappa shape index (κ2) is 8.53. The summed E-state index contributed by atoms with van der Waals surface area (Å²) in [5.74, 6) is 0.388. The standard InChI is InChI=1S/C19H23N3O4/c1-25-11-10-22-15(13-21-9-5-8-17(21)19(22)24)12-20-18(23)14-26-16-6-3-2-4-7-16/h2-9,15H,10-14H2,1H3,(H,20,23). The van der Waals surface area contributed by atoms with Crippen molar-refractivity contribution in [3.63, 3.8) is 0 Å². The Labute approximate surface area is 152 Å². The third-order valence-electron chi connectivity index (χ3n) is 4.34. The van der Waals surface area contributed by atoms with Crippen LogP contribution in [0.4, 0.5) is 0 Å². The van der Waals surface area contributed by atoms with Crippen LogP contribution in [0.15, 0.2) is 48.7 Å². The Balaban J connectivity index is 1.56. The number of carbonyl (C=O) groups excluding carboxylic acids is 2. The van der Waals surface area contributed by atoms with Gasteiger partial charge in [-0.15, -0.1) is 0 Å². The van der Waals surface area contributed by atoms with Crippen molar-refractivity contribution in [2.45, 2.75) is 12.6 Å². The summed E-state index contributed by atoms with van der Waals surface area (Å²) in [6, 6.07) is 12.7. The van der Waals surface area contributed by atoms with Gasteiger partial charge in [0.15, 0.2) is 6.61 Å². The number of hydrogen-bond donors (Lipinski definition) is 1. The molecule has 3 rings (SSSR count). The Morgan fingerprint density at radius 3 is 2.81 bits per heavy atom. The summed E-state index contributed by atoms with van der Waals surface area (Å²) in [7, 11) is 1.61. The first-order valence-electron chi connectivity index (χ1n) is 8.58. The van der Waals surface area contributed by atoms with E-state index in [1.165, 1.54) is 0 Å². The average molecular weight is 357 g/mol. The zero-order valence-electron chi connectivity index (χ0n) is 14.8. The fraction of sp³-hybridized carbons (Fsp3) is 0.368. The van der Waals surface area contributed by atoms with Crippen molar-refractivity contribution in [3.05, 3.63) is 54.4 Å². The monoisotopic (exact) mass is 357 g/mol. The molecule has 1 aromatic heterocycles. The van der Waals surface area contributed by atoms with Gasteiger partial charge in [-0.3, -0.25) is 9.59 Å². The van der Waals surface area contributed by atoms with Gasteiger partial charge in [0.05, 0.1) is 12.6 Å². The third kappa shape index (κ3) is 4.23. The average Bonchev–Trinajstić information content (AvgIpc) is 3.14. The van der Waals surface area contributed by atoms with Crippen LogP contribution in [0.25, 0.3) is 0 Å². The van der Waals surface area contributed by atoms with E-state index in [1.807, 2.05) is 41.1 Å². The number of nitrogens with one attached hydrogen (secondary N) is 1. The summed E-state index contributed by atoms with van der Waals surface area (Å²) in [6.07, 6.45) is 1.88. The molecular formula is C19H23N3O4. The lowest BCUT2D eigenvalue weighted by atomic mass is 10.1. The molecule has 7 nitrogen and oxygen atoms in total. The molecule has 1 aliphatic rings. The molecule has 1 unspecified atom stereocenters. The van der Waals surface area contributed by atoms with Gasteiger partial charge in [-0.1, -0.05) is 18.2 Å². The molecule has 1 N–H and O–H groups in total. The minimum absolute atomic E-state index is 0.0434. The summed E-state index contributed by atoms with van der Waals surface area (Å²) in [5, 5.41) is 2.86. The molecule has 1 atom stereocenters. The highest BCUT2D eigenvalue weighted by Gasteiger charge is 2.31. The van der Waals surface area contributed by atoms with Gasteiger partial charge >= 0.3 is 0 Å². The first-order chi connectivity index (χ1) is 12.7. The van der Waals surface area contributed by atoms with E-state index < -0.39 is 0 Å². The zero-order valence-corrected chi connectivity index (χ0v) is 14.8. The predicted molar refractivity (Wildman–Crippen MR) is 96.1 cm³/mol. The number of carbonyl (C=O) groups is 2. The van der Waals surface area contributed by atoms with E-state index in [0.717, 1.165) is 0 Å². The molecule has 138 valence electrons.